The number of anilines is 2. The van der Waals surface area contributed by atoms with Crippen LogP contribution in [0.5, 0.6) is 5.75 Å². The van der Waals surface area contributed by atoms with E-state index in [1.807, 2.05) is 6.07 Å². The lowest BCUT2D eigenvalue weighted by atomic mass is 10.0. The van der Waals surface area contributed by atoms with Crippen molar-refractivity contribution in [3.8, 4) is 5.75 Å². The molecule has 8 heteroatoms. The molecule has 27 heavy (non-hydrogen) atoms. The van der Waals surface area contributed by atoms with E-state index in [1.54, 1.807) is 32.0 Å². The quantitative estimate of drug-likeness (QED) is 0.772. The average molecular weight is 433 g/mol. The molecule has 0 saturated carbocycles. The lowest BCUT2D eigenvalue weighted by Crippen LogP contribution is -2.54. The van der Waals surface area contributed by atoms with Crippen LogP contribution in [-0.2, 0) is 9.59 Å². The third-order valence-corrected chi connectivity index (χ3v) is 4.76. The summed E-state index contributed by atoms with van der Waals surface area (Å²) < 4.78 is 6.40. The van der Waals surface area contributed by atoms with Crippen LogP contribution in [-0.4, -0.2) is 35.0 Å². The van der Waals surface area contributed by atoms with E-state index in [4.69, 9.17) is 4.74 Å². The Morgan fingerprint density at radius 1 is 1.22 bits per heavy atom. The zero-order valence-corrected chi connectivity index (χ0v) is 16.2. The Morgan fingerprint density at radius 3 is 2.59 bits per heavy atom. The Hall–Kier alpha value is -2.87. The Labute approximate surface area is 164 Å². The van der Waals surface area contributed by atoms with Gasteiger partial charge in [0.15, 0.2) is 5.60 Å². The molecular weight excluding hydrogens is 416 g/mol. The summed E-state index contributed by atoms with van der Waals surface area (Å²) in [4.78, 5) is 37.9. The molecule has 1 heterocycles. The molecule has 7 nitrogen and oxygen atoms in total. The standard InChI is InChI=1S/C19H17BrN2O5/c1-19(2)18(26)22(10-16(23)21-13-6-4-3-5-12(13)20)14-9-11(17(24)25)7-8-15(14)27-19/h3-9H,10H2,1-2H3,(H,21,23)(H,24,25). The van der Waals surface area contributed by atoms with Crippen LogP contribution in [0.25, 0.3) is 0 Å². The molecule has 2 aromatic rings. The highest BCUT2D eigenvalue weighted by molar-refractivity contribution is 9.10. The summed E-state index contributed by atoms with van der Waals surface area (Å²) in [5, 5.41) is 12.0. The van der Waals surface area contributed by atoms with E-state index < -0.39 is 23.4 Å². The van der Waals surface area contributed by atoms with Gasteiger partial charge in [-0.3, -0.25) is 14.5 Å². The summed E-state index contributed by atoms with van der Waals surface area (Å²) in [5.41, 5.74) is -0.352. The van der Waals surface area contributed by atoms with Gasteiger partial charge < -0.3 is 15.2 Å². The maximum Gasteiger partial charge on any atom is 0.335 e. The minimum absolute atomic E-state index is 0.000989. The van der Waals surface area contributed by atoms with E-state index in [1.165, 1.54) is 23.1 Å². The number of fused-ring (bicyclic) bond motifs is 1. The fourth-order valence-corrected chi connectivity index (χ4v) is 3.14. The lowest BCUT2D eigenvalue weighted by Gasteiger charge is -2.38. The van der Waals surface area contributed by atoms with Gasteiger partial charge in [0.05, 0.1) is 16.9 Å². The number of nitrogens with one attached hydrogen (secondary N) is 1. The normalized spacial score (nSPS) is 14.9. The molecular formula is C19H17BrN2O5. The van der Waals surface area contributed by atoms with Gasteiger partial charge in [-0.1, -0.05) is 12.1 Å². The number of nitrogens with zero attached hydrogens (tertiary/aromatic N) is 1. The molecule has 0 aromatic heterocycles. The number of aromatic carboxylic acids is 1. The number of carbonyl (C=O) groups is 3. The molecule has 3 rings (SSSR count). The zero-order chi connectivity index (χ0) is 19.8. The van der Waals surface area contributed by atoms with Gasteiger partial charge in [0.1, 0.15) is 12.3 Å². The van der Waals surface area contributed by atoms with E-state index in [2.05, 4.69) is 21.2 Å². The molecule has 0 aliphatic carbocycles. The second-order valence-electron chi connectivity index (χ2n) is 6.52. The summed E-state index contributed by atoms with van der Waals surface area (Å²) in [5.74, 6) is -1.63. The predicted molar refractivity (Wildman–Crippen MR) is 103 cm³/mol. The molecule has 0 saturated heterocycles. The van der Waals surface area contributed by atoms with Gasteiger partial charge in [0.25, 0.3) is 5.91 Å². The first kappa shape index (κ1) is 18.9. The van der Waals surface area contributed by atoms with E-state index in [9.17, 15) is 19.5 Å². The Morgan fingerprint density at radius 2 is 1.93 bits per heavy atom. The van der Waals surface area contributed by atoms with E-state index in [0.717, 1.165) is 0 Å². The molecule has 2 amide bonds. The molecule has 140 valence electrons. The van der Waals surface area contributed by atoms with Gasteiger partial charge in [0.2, 0.25) is 5.91 Å². The number of para-hydroxylation sites is 1. The number of rotatable bonds is 4. The second-order valence-corrected chi connectivity index (χ2v) is 7.37. The van der Waals surface area contributed by atoms with Crippen LogP contribution in [0, 0.1) is 0 Å². The molecule has 0 unspecified atom stereocenters. The minimum Gasteiger partial charge on any atom is -0.478 e. The zero-order valence-electron chi connectivity index (χ0n) is 14.7. The van der Waals surface area contributed by atoms with E-state index >= 15 is 0 Å². The first-order valence-corrected chi connectivity index (χ1v) is 8.91. The summed E-state index contributed by atoms with van der Waals surface area (Å²) in [6.45, 7) is 2.92. The smallest absolute Gasteiger partial charge is 0.335 e. The van der Waals surface area contributed by atoms with Crippen molar-refractivity contribution in [3.05, 3.63) is 52.5 Å². The Balaban J connectivity index is 1.92. The fourth-order valence-electron chi connectivity index (χ4n) is 2.75. The largest absolute Gasteiger partial charge is 0.478 e. The molecule has 0 atom stereocenters. The molecule has 0 radical (unpaired) electrons. The molecule has 1 aliphatic heterocycles. The van der Waals surface area contributed by atoms with E-state index in [0.29, 0.717) is 15.9 Å². The molecule has 0 spiro atoms. The van der Waals surface area contributed by atoms with Crippen LogP contribution >= 0.6 is 15.9 Å². The molecule has 2 N–H and O–H groups in total. The summed E-state index contributed by atoms with van der Waals surface area (Å²) in [7, 11) is 0. The topological polar surface area (TPSA) is 95.9 Å². The van der Waals surface area contributed by atoms with E-state index in [-0.39, 0.29) is 17.8 Å². The first-order valence-electron chi connectivity index (χ1n) is 8.12. The highest BCUT2D eigenvalue weighted by Crippen LogP contribution is 2.38. The summed E-state index contributed by atoms with van der Waals surface area (Å²) in [6.07, 6.45) is 0. The first-order chi connectivity index (χ1) is 12.7. The van der Waals surface area contributed by atoms with Crippen LogP contribution in [0.15, 0.2) is 46.9 Å². The van der Waals surface area contributed by atoms with Crippen LogP contribution < -0.4 is 15.0 Å². The number of halogens is 1. The maximum absolute atomic E-state index is 12.8. The highest BCUT2D eigenvalue weighted by atomic mass is 79.9. The number of carboxylic acid groups (broad SMARTS) is 1. The van der Waals surface area contributed by atoms with Crippen molar-refractivity contribution < 1.29 is 24.2 Å². The van der Waals surface area contributed by atoms with Crippen molar-refractivity contribution in [1.29, 1.82) is 0 Å². The third kappa shape index (κ3) is 3.80. The molecule has 1 aliphatic rings. The molecule has 0 fully saturated rings. The maximum atomic E-state index is 12.8. The average Bonchev–Trinajstić information content (AvgIpc) is 2.60. The third-order valence-electron chi connectivity index (χ3n) is 4.07. The summed E-state index contributed by atoms with van der Waals surface area (Å²) in [6, 6.07) is 11.3. The predicted octanol–water partition coefficient (Wildman–Crippen LogP) is 3.29. The van der Waals surface area contributed by atoms with Gasteiger partial charge >= 0.3 is 5.97 Å². The van der Waals surface area contributed by atoms with Gasteiger partial charge in [0, 0.05) is 4.47 Å². The van der Waals surface area contributed by atoms with Gasteiger partial charge in [-0.15, -0.1) is 0 Å². The Kier molecular flexibility index (Phi) is 4.93. The molecule has 2 aromatic carbocycles. The van der Waals surface area contributed by atoms with Crippen LogP contribution in [0.2, 0.25) is 0 Å². The number of hydrogen-bond donors (Lipinski definition) is 2. The van der Waals surface area contributed by atoms with Crippen LogP contribution in [0.4, 0.5) is 11.4 Å². The highest BCUT2D eigenvalue weighted by Gasteiger charge is 2.41. The fraction of sp³-hybridized carbons (Fsp3) is 0.211. The molecule has 0 bridgehead atoms. The number of benzene rings is 2. The van der Waals surface area contributed by atoms with Crippen LogP contribution in [0.3, 0.4) is 0 Å². The second kappa shape index (κ2) is 7.03. The van der Waals surface area contributed by atoms with Gasteiger partial charge in [-0.2, -0.15) is 0 Å². The SMILES string of the molecule is CC1(C)Oc2ccc(C(=O)O)cc2N(CC(=O)Nc2ccccc2Br)C1=O. The van der Waals surface area contributed by atoms with Crippen LogP contribution in [0.1, 0.15) is 24.2 Å². The number of ether oxygens (including phenoxy) is 1. The summed E-state index contributed by atoms with van der Waals surface area (Å²) >= 11 is 3.35. The van der Waals surface area contributed by atoms with Crippen molar-refractivity contribution in [1.82, 2.24) is 0 Å². The van der Waals surface area contributed by atoms with Crippen molar-refractivity contribution in [2.24, 2.45) is 0 Å². The van der Waals surface area contributed by atoms with Crippen molar-refractivity contribution >= 4 is 45.1 Å². The number of carbonyl (C=O) groups excluding carboxylic acids is 2. The lowest BCUT2D eigenvalue weighted by molar-refractivity contribution is -0.133. The minimum atomic E-state index is -1.18. The number of carboxylic acids is 1. The number of amides is 2. The monoisotopic (exact) mass is 432 g/mol. The van der Waals surface area contributed by atoms with Crippen molar-refractivity contribution in [2.45, 2.75) is 19.4 Å². The van der Waals surface area contributed by atoms with Crippen molar-refractivity contribution in [2.75, 3.05) is 16.8 Å². The van der Waals surface area contributed by atoms with Gasteiger partial charge in [-0.25, -0.2) is 4.79 Å². The van der Waals surface area contributed by atoms with Gasteiger partial charge in [-0.05, 0) is 60.1 Å². The van der Waals surface area contributed by atoms with Crippen molar-refractivity contribution in [3.63, 3.8) is 0 Å². The Bertz CT molecular complexity index is 941. The number of hydrogen-bond acceptors (Lipinski definition) is 4.